The van der Waals surface area contributed by atoms with E-state index < -0.39 is 21.8 Å². The second kappa shape index (κ2) is 10.1. The molecule has 2 aromatic carbocycles. The molecule has 9 heteroatoms. The van der Waals surface area contributed by atoms with Gasteiger partial charge in [0.15, 0.2) is 0 Å². The molecule has 0 aromatic heterocycles. The number of ether oxygens (including phenoxy) is 1. The predicted octanol–water partition coefficient (Wildman–Crippen LogP) is 4.60. The second-order valence-corrected chi connectivity index (χ2v) is 9.57. The van der Waals surface area contributed by atoms with E-state index in [0.29, 0.717) is 12.2 Å². The number of alkyl halides is 3. The van der Waals surface area contributed by atoms with Gasteiger partial charge in [0.05, 0.1) is 16.6 Å². The van der Waals surface area contributed by atoms with Crippen LogP contribution >= 0.6 is 0 Å². The molecule has 2 aromatic rings. The number of nitrogens with one attached hydrogen (secondary N) is 1. The van der Waals surface area contributed by atoms with E-state index in [1.54, 1.807) is 13.0 Å². The van der Waals surface area contributed by atoms with Crippen LogP contribution in [0.3, 0.4) is 0 Å². The van der Waals surface area contributed by atoms with Crippen molar-refractivity contribution in [2.75, 3.05) is 13.2 Å². The van der Waals surface area contributed by atoms with Gasteiger partial charge in [-0.2, -0.15) is 13.2 Å². The minimum atomic E-state index is -4.49. The largest absolute Gasteiger partial charge is 0.416 e. The minimum absolute atomic E-state index is 0.0424. The lowest BCUT2D eigenvalue weighted by molar-refractivity contribution is -0.137. The number of Topliss-reactive ketones (excluding diaryl/α,β-unsaturated/α-hetero) is 1. The fourth-order valence-electron chi connectivity index (χ4n) is 3.84. The van der Waals surface area contributed by atoms with E-state index >= 15 is 0 Å². The van der Waals surface area contributed by atoms with Crippen molar-refractivity contribution in [3.8, 4) is 0 Å². The molecule has 0 aliphatic carbocycles. The Kier molecular flexibility index (Phi) is 7.74. The highest BCUT2D eigenvalue weighted by Crippen LogP contribution is 2.32. The fraction of sp³-hybridized carbons (Fsp3) is 0.435. The number of sulfonamides is 1. The van der Waals surface area contributed by atoms with E-state index in [2.05, 4.69) is 4.72 Å². The first-order valence-electron chi connectivity index (χ1n) is 10.5. The molecule has 174 valence electrons. The highest BCUT2D eigenvalue weighted by atomic mass is 32.2. The van der Waals surface area contributed by atoms with Gasteiger partial charge in [0.2, 0.25) is 10.0 Å². The highest BCUT2D eigenvalue weighted by molar-refractivity contribution is 7.89. The fourth-order valence-corrected chi connectivity index (χ4v) is 4.93. The van der Waals surface area contributed by atoms with Crippen LogP contribution in [0, 0.1) is 0 Å². The molecule has 32 heavy (non-hydrogen) atoms. The van der Waals surface area contributed by atoms with Gasteiger partial charge in [0, 0.05) is 26.0 Å². The molecule has 1 heterocycles. The third-order valence-electron chi connectivity index (χ3n) is 5.33. The van der Waals surface area contributed by atoms with Crippen molar-refractivity contribution in [2.45, 2.75) is 56.2 Å². The van der Waals surface area contributed by atoms with Crippen molar-refractivity contribution in [2.24, 2.45) is 0 Å². The Balaban J connectivity index is 1.87. The predicted molar refractivity (Wildman–Crippen MR) is 114 cm³/mol. The van der Waals surface area contributed by atoms with Crippen molar-refractivity contribution in [3.05, 3.63) is 64.7 Å². The molecule has 0 radical (unpaired) electrons. The summed E-state index contributed by atoms with van der Waals surface area (Å²) in [6.45, 7) is 2.47. The third kappa shape index (κ3) is 6.17. The van der Waals surface area contributed by atoms with Gasteiger partial charge in [-0.05, 0) is 54.2 Å². The average molecular weight is 470 g/mol. The normalized spacial score (nSPS) is 17.3. The van der Waals surface area contributed by atoms with Crippen molar-refractivity contribution < 1.29 is 31.1 Å². The lowest BCUT2D eigenvalue weighted by atomic mass is 9.93. The maximum atomic E-state index is 13.0. The van der Waals surface area contributed by atoms with Gasteiger partial charge in [0.1, 0.15) is 5.78 Å². The van der Waals surface area contributed by atoms with Crippen LogP contribution in [0.4, 0.5) is 13.2 Å². The molecular formula is C23H26F3NO4S. The van der Waals surface area contributed by atoms with Crippen LogP contribution in [-0.4, -0.2) is 27.4 Å². The zero-order chi connectivity index (χ0) is 23.4. The van der Waals surface area contributed by atoms with Crippen molar-refractivity contribution >= 4 is 15.8 Å². The van der Waals surface area contributed by atoms with E-state index in [0.717, 1.165) is 37.0 Å². The molecule has 0 amide bonds. The summed E-state index contributed by atoms with van der Waals surface area (Å²) >= 11 is 0. The van der Waals surface area contributed by atoms with Crippen LogP contribution in [0.5, 0.6) is 0 Å². The molecule has 0 spiro atoms. The molecule has 1 fully saturated rings. The van der Waals surface area contributed by atoms with Crippen molar-refractivity contribution in [1.82, 2.24) is 4.72 Å². The zero-order valence-corrected chi connectivity index (χ0v) is 18.6. The van der Waals surface area contributed by atoms with Crippen molar-refractivity contribution in [1.29, 1.82) is 0 Å². The zero-order valence-electron chi connectivity index (χ0n) is 17.7. The Bertz CT molecular complexity index is 1060. The number of hydrogen-bond donors (Lipinski definition) is 1. The van der Waals surface area contributed by atoms with E-state index in [1.165, 1.54) is 24.3 Å². The summed E-state index contributed by atoms with van der Waals surface area (Å²) in [6, 6.07) is 9.31. The van der Waals surface area contributed by atoms with Crippen LogP contribution in [0.1, 0.15) is 54.5 Å². The summed E-state index contributed by atoms with van der Waals surface area (Å²) in [4.78, 5) is 12.8. The molecule has 1 saturated heterocycles. The number of rotatable bonds is 8. The first-order chi connectivity index (χ1) is 15.1. The Morgan fingerprint density at radius 3 is 2.56 bits per heavy atom. The smallest absolute Gasteiger partial charge is 0.374 e. The van der Waals surface area contributed by atoms with Crippen LogP contribution in [0.25, 0.3) is 0 Å². The average Bonchev–Trinajstić information content (AvgIpc) is 2.74. The van der Waals surface area contributed by atoms with Gasteiger partial charge in [-0.1, -0.05) is 31.2 Å². The lowest BCUT2D eigenvalue weighted by Crippen LogP contribution is -2.24. The lowest BCUT2D eigenvalue weighted by Gasteiger charge is -2.25. The van der Waals surface area contributed by atoms with Gasteiger partial charge in [0.25, 0.3) is 0 Å². The van der Waals surface area contributed by atoms with E-state index in [9.17, 15) is 26.4 Å². The number of ketones is 1. The maximum absolute atomic E-state index is 13.0. The molecule has 1 atom stereocenters. The van der Waals surface area contributed by atoms with Crippen LogP contribution in [-0.2, 0) is 38.6 Å². The van der Waals surface area contributed by atoms with Gasteiger partial charge in [-0.25, -0.2) is 13.1 Å². The molecule has 1 aliphatic heterocycles. The first-order valence-corrected chi connectivity index (χ1v) is 12.0. The Morgan fingerprint density at radius 1 is 1.12 bits per heavy atom. The highest BCUT2D eigenvalue weighted by Gasteiger charge is 2.30. The second-order valence-electron chi connectivity index (χ2n) is 7.81. The van der Waals surface area contributed by atoms with E-state index in [-0.39, 0.29) is 41.7 Å². The molecule has 1 N–H and O–H groups in total. The summed E-state index contributed by atoms with van der Waals surface area (Å²) in [5.74, 6) is -0.306. The molecule has 1 unspecified atom stereocenters. The number of halogens is 3. The standard InChI is InChI=1S/C23H26F3NO4S/c1-2-27-32(29,30)20-9-10-21(22-8-3-4-11-31-22)17(15-20)14-19(28)13-16-6-5-7-18(12-16)23(24,25)26/h5-7,9-10,12,15,22,27H,2-4,8,11,13-14H2,1H3. The molecule has 5 nitrogen and oxygen atoms in total. The number of benzene rings is 2. The molecule has 0 bridgehead atoms. The topological polar surface area (TPSA) is 72.5 Å². The molecule has 3 rings (SSSR count). The van der Waals surface area contributed by atoms with Gasteiger partial charge < -0.3 is 4.74 Å². The Hall–Kier alpha value is -2.23. The molecular weight excluding hydrogens is 443 g/mol. The van der Waals surface area contributed by atoms with Gasteiger partial charge >= 0.3 is 6.18 Å². The van der Waals surface area contributed by atoms with Crippen LogP contribution in [0.15, 0.2) is 47.4 Å². The van der Waals surface area contributed by atoms with Crippen molar-refractivity contribution in [3.63, 3.8) is 0 Å². The van der Waals surface area contributed by atoms with E-state index in [4.69, 9.17) is 4.74 Å². The molecule has 0 saturated carbocycles. The summed E-state index contributed by atoms with van der Waals surface area (Å²) in [5.41, 5.74) is 0.722. The molecule has 1 aliphatic rings. The van der Waals surface area contributed by atoms with Crippen LogP contribution in [0.2, 0.25) is 0 Å². The third-order valence-corrected chi connectivity index (χ3v) is 6.87. The van der Waals surface area contributed by atoms with Crippen LogP contribution < -0.4 is 4.72 Å². The Morgan fingerprint density at radius 2 is 1.91 bits per heavy atom. The SMILES string of the molecule is CCNS(=O)(=O)c1ccc(C2CCCCO2)c(CC(=O)Cc2cccc(C(F)(F)F)c2)c1. The number of hydrogen-bond acceptors (Lipinski definition) is 4. The monoisotopic (exact) mass is 469 g/mol. The summed E-state index contributed by atoms with van der Waals surface area (Å²) < 4.78 is 72.1. The number of carbonyl (C=O) groups is 1. The van der Waals surface area contributed by atoms with E-state index in [1.807, 2.05) is 0 Å². The first kappa shape index (κ1) is 24.4. The summed E-state index contributed by atoms with van der Waals surface area (Å²) in [7, 11) is -3.72. The Labute approximate surface area is 186 Å². The number of carbonyl (C=O) groups excluding carboxylic acids is 1. The van der Waals surface area contributed by atoms with Gasteiger partial charge in [-0.15, -0.1) is 0 Å². The summed E-state index contributed by atoms with van der Waals surface area (Å²) in [5, 5.41) is 0. The maximum Gasteiger partial charge on any atom is 0.416 e. The quantitative estimate of drug-likeness (QED) is 0.613. The summed E-state index contributed by atoms with van der Waals surface area (Å²) in [6.07, 6.45) is -2.35. The van der Waals surface area contributed by atoms with Gasteiger partial charge in [-0.3, -0.25) is 4.79 Å². The minimum Gasteiger partial charge on any atom is -0.374 e.